The minimum atomic E-state index is -4.67. The van der Waals surface area contributed by atoms with Gasteiger partial charge in [0.15, 0.2) is 18.1 Å². The summed E-state index contributed by atoms with van der Waals surface area (Å²) in [7, 11) is 0. The van der Waals surface area contributed by atoms with Gasteiger partial charge in [-0.15, -0.1) is 0 Å². The Bertz CT molecular complexity index is 1310. The summed E-state index contributed by atoms with van der Waals surface area (Å²) in [5.74, 6) is -1.59. The van der Waals surface area contributed by atoms with Crippen molar-refractivity contribution < 1.29 is 37.1 Å². The molecule has 0 spiro atoms. The molecule has 0 unspecified atom stereocenters. The highest BCUT2D eigenvalue weighted by atomic mass is 19.4. The number of aliphatic imine (C=N–C) groups is 1. The number of rotatable bonds is 4. The Morgan fingerprint density at radius 1 is 1.11 bits per heavy atom. The average Bonchev–Trinajstić information content (AvgIpc) is 3.43. The molecule has 1 aromatic heterocycles. The average molecular weight is 531 g/mol. The third-order valence-electron chi connectivity index (χ3n) is 5.88. The summed E-state index contributed by atoms with van der Waals surface area (Å²) < 4.78 is 46.7. The van der Waals surface area contributed by atoms with Gasteiger partial charge in [0, 0.05) is 29.8 Å². The van der Waals surface area contributed by atoms with Crippen molar-refractivity contribution >= 4 is 24.2 Å². The summed E-state index contributed by atoms with van der Waals surface area (Å²) in [6, 6.07) is 10.3. The molecule has 0 aliphatic carbocycles. The van der Waals surface area contributed by atoms with Crippen LogP contribution in [0.25, 0.3) is 11.3 Å². The summed E-state index contributed by atoms with van der Waals surface area (Å²) in [5.41, 5.74) is 10.4. The second-order valence-corrected chi connectivity index (χ2v) is 8.26. The summed E-state index contributed by atoms with van der Waals surface area (Å²) in [5, 5.41) is 6.89. The number of carbonyl (C=O) groups excluding carboxylic acids is 2. The van der Waals surface area contributed by atoms with Gasteiger partial charge < -0.3 is 25.9 Å². The predicted molar refractivity (Wildman–Crippen MR) is 130 cm³/mol. The molecule has 4 rings (SSSR count). The van der Waals surface area contributed by atoms with Crippen molar-refractivity contribution in [3.8, 4) is 11.3 Å². The van der Waals surface area contributed by atoms with Crippen LogP contribution in [0.1, 0.15) is 50.6 Å². The first-order valence-corrected chi connectivity index (χ1v) is 11.3. The second kappa shape index (κ2) is 12.0. The molecule has 2 amide bonds. The number of guanidine groups is 1. The Morgan fingerprint density at radius 3 is 2.37 bits per heavy atom. The van der Waals surface area contributed by atoms with E-state index in [1.807, 2.05) is 0 Å². The lowest BCUT2D eigenvalue weighted by molar-refractivity contribution is -0.138. The van der Waals surface area contributed by atoms with Crippen molar-refractivity contribution in [2.24, 2.45) is 16.5 Å². The van der Waals surface area contributed by atoms with Gasteiger partial charge in [-0.3, -0.25) is 14.4 Å². The monoisotopic (exact) mass is 531 g/mol. The van der Waals surface area contributed by atoms with Crippen molar-refractivity contribution in [2.45, 2.75) is 24.9 Å². The van der Waals surface area contributed by atoms with E-state index in [1.54, 1.807) is 35.4 Å². The van der Waals surface area contributed by atoms with Crippen LogP contribution in [-0.4, -0.2) is 52.3 Å². The molecule has 1 aliphatic rings. The molecule has 0 bridgehead atoms. The fourth-order valence-electron chi connectivity index (χ4n) is 4.21. The summed E-state index contributed by atoms with van der Waals surface area (Å²) >= 11 is 0. The van der Waals surface area contributed by atoms with E-state index in [1.165, 1.54) is 18.5 Å². The van der Waals surface area contributed by atoms with Gasteiger partial charge >= 0.3 is 6.18 Å². The predicted octanol–water partition coefficient (Wildman–Crippen LogP) is 3.49. The van der Waals surface area contributed by atoms with Gasteiger partial charge in [-0.05, 0) is 48.6 Å². The van der Waals surface area contributed by atoms with Crippen LogP contribution in [0, 0.1) is 0 Å². The first-order valence-electron chi connectivity index (χ1n) is 11.3. The van der Waals surface area contributed by atoms with E-state index in [0.29, 0.717) is 42.8 Å². The van der Waals surface area contributed by atoms with E-state index in [2.05, 4.69) is 9.98 Å². The fourth-order valence-corrected chi connectivity index (χ4v) is 4.21. The number of amides is 2. The summed E-state index contributed by atoms with van der Waals surface area (Å²) in [6.45, 7) is 0.337. The van der Waals surface area contributed by atoms with Crippen molar-refractivity contribution in [1.82, 2.24) is 9.88 Å². The van der Waals surface area contributed by atoms with E-state index in [4.69, 9.17) is 25.8 Å². The van der Waals surface area contributed by atoms with Gasteiger partial charge in [-0.2, -0.15) is 18.2 Å². The number of likely N-dealkylation sites (tertiary alicyclic amines) is 1. The number of carbonyl (C=O) groups is 3. The number of halogens is 3. The molecule has 5 N–H and O–H groups in total. The zero-order valence-electron chi connectivity index (χ0n) is 19.9. The number of alkyl halides is 3. The molecule has 0 radical (unpaired) electrons. The van der Waals surface area contributed by atoms with Crippen molar-refractivity contribution in [2.75, 3.05) is 13.1 Å². The van der Waals surface area contributed by atoms with Crippen LogP contribution in [0.5, 0.6) is 0 Å². The Balaban J connectivity index is 0.00000127. The normalized spacial score (nSPS) is 13.7. The number of nitrogens with zero attached hydrogens (tertiary/aromatic N) is 3. The number of nitrogens with two attached hydrogens (primary N) is 2. The molecule has 1 saturated heterocycles. The molecule has 10 nitrogen and oxygen atoms in total. The van der Waals surface area contributed by atoms with Crippen LogP contribution in [-0.2, 0) is 11.0 Å². The van der Waals surface area contributed by atoms with Gasteiger partial charge in [0.1, 0.15) is 0 Å². The van der Waals surface area contributed by atoms with Gasteiger partial charge in [-0.1, -0.05) is 18.2 Å². The van der Waals surface area contributed by atoms with Crippen LogP contribution in [0.2, 0.25) is 0 Å². The molecular weight excluding hydrogens is 507 g/mol. The Hall–Kier alpha value is -4.68. The third-order valence-corrected chi connectivity index (χ3v) is 5.88. The van der Waals surface area contributed by atoms with E-state index < -0.39 is 29.5 Å². The second-order valence-electron chi connectivity index (χ2n) is 8.26. The number of carboxylic acid groups (broad SMARTS) is 1. The zero-order valence-corrected chi connectivity index (χ0v) is 19.9. The number of aromatic nitrogens is 1. The van der Waals surface area contributed by atoms with Crippen LogP contribution >= 0.6 is 0 Å². The molecule has 1 aliphatic heterocycles. The van der Waals surface area contributed by atoms with Crippen molar-refractivity contribution in [1.29, 1.82) is 0 Å². The van der Waals surface area contributed by atoms with Gasteiger partial charge in [0.25, 0.3) is 18.3 Å². The molecule has 2 heterocycles. The number of piperidine rings is 1. The van der Waals surface area contributed by atoms with Crippen molar-refractivity contribution in [3.05, 3.63) is 77.3 Å². The molecule has 1 fully saturated rings. The zero-order chi connectivity index (χ0) is 27.9. The highest BCUT2D eigenvalue weighted by Crippen LogP contribution is 2.39. The maximum absolute atomic E-state index is 13.8. The fraction of sp³-hybridized carbons (Fsp3) is 0.240. The smallest absolute Gasteiger partial charge is 0.416 e. The topological polar surface area (TPSA) is 165 Å². The van der Waals surface area contributed by atoms with E-state index >= 15 is 0 Å². The highest BCUT2D eigenvalue weighted by molar-refractivity contribution is 6.02. The minimum absolute atomic E-state index is 0.0816. The van der Waals surface area contributed by atoms with Crippen LogP contribution in [0.4, 0.5) is 13.2 Å². The molecule has 0 saturated carbocycles. The Morgan fingerprint density at radius 2 is 1.79 bits per heavy atom. The maximum Gasteiger partial charge on any atom is 0.416 e. The van der Waals surface area contributed by atoms with Gasteiger partial charge in [0.05, 0.1) is 11.8 Å². The number of hydrogen-bond acceptors (Lipinski definition) is 5. The van der Waals surface area contributed by atoms with Crippen molar-refractivity contribution in [3.63, 3.8) is 0 Å². The molecule has 200 valence electrons. The maximum atomic E-state index is 13.8. The van der Waals surface area contributed by atoms with E-state index in [0.717, 1.165) is 6.07 Å². The van der Waals surface area contributed by atoms with Gasteiger partial charge in [-0.25, -0.2) is 4.98 Å². The minimum Gasteiger partial charge on any atom is -0.483 e. The molecular formula is C25H24F3N5O5. The third kappa shape index (κ3) is 6.75. The number of benzene rings is 2. The lowest BCUT2D eigenvalue weighted by Gasteiger charge is -2.33. The van der Waals surface area contributed by atoms with Crippen LogP contribution < -0.4 is 11.5 Å². The van der Waals surface area contributed by atoms with Gasteiger partial charge in [0.2, 0.25) is 0 Å². The number of oxazole rings is 1. The first kappa shape index (κ1) is 27.9. The number of hydrogen-bond donors (Lipinski definition) is 3. The molecule has 0 atom stereocenters. The largest absolute Gasteiger partial charge is 0.483 e. The lowest BCUT2D eigenvalue weighted by Crippen LogP contribution is -2.38. The van der Waals surface area contributed by atoms with E-state index in [9.17, 15) is 22.8 Å². The summed E-state index contributed by atoms with van der Waals surface area (Å²) in [6.07, 6.45) is -1.13. The summed E-state index contributed by atoms with van der Waals surface area (Å²) in [4.78, 5) is 42.2. The first-order chi connectivity index (χ1) is 18.0. The molecule has 2 aromatic carbocycles. The SMILES string of the molecule is NC(N)=NC(=O)c1ccc(C2CCN(C(=O)c3cccc(-c4cnco4)c3)CC2)c(C(F)(F)F)c1.O=CO. The molecule has 3 aromatic rings. The molecule has 13 heteroatoms. The quantitative estimate of drug-likeness (QED) is 0.261. The standard InChI is InChI=1S/C24H22F3N5O3.CH2O2/c25-24(26,27)19-11-16(21(33)31-23(28)29)4-5-18(19)14-6-8-32(9-7-14)22(34)17-3-1-2-15(10-17)20-12-30-13-35-20;2-1-3/h1-5,10-14H,6-9H2,(H4,28,29,31,33);1H,(H,2,3). The van der Waals surface area contributed by atoms with Crippen LogP contribution in [0.3, 0.4) is 0 Å². The van der Waals surface area contributed by atoms with Crippen LogP contribution in [0.15, 0.2) is 64.5 Å². The Kier molecular flexibility index (Phi) is 8.84. The highest BCUT2D eigenvalue weighted by Gasteiger charge is 2.37. The Labute approximate surface area is 214 Å². The lowest BCUT2D eigenvalue weighted by atomic mass is 9.85. The molecule has 38 heavy (non-hydrogen) atoms. The van der Waals surface area contributed by atoms with E-state index in [-0.39, 0.29) is 23.5 Å².